The van der Waals surface area contributed by atoms with Crippen LogP contribution in [0.25, 0.3) is 10.4 Å². The number of rotatable bonds is 13. The summed E-state index contributed by atoms with van der Waals surface area (Å²) in [4.78, 5) is 11.2. The van der Waals surface area contributed by atoms with Crippen molar-refractivity contribution in [3.8, 4) is 27.7 Å². The number of hydrogen-bond donors (Lipinski definition) is 1. The second kappa shape index (κ2) is 17.5. The van der Waals surface area contributed by atoms with Crippen LogP contribution in [0, 0.1) is 3.82 Å². The van der Waals surface area contributed by atoms with Gasteiger partial charge in [-0.1, -0.05) is 87.5 Å². The van der Waals surface area contributed by atoms with E-state index in [0.29, 0.717) is 5.75 Å². The first-order valence-corrected chi connectivity index (χ1v) is 20.7. The number of nitrogens with zero attached hydrogens (tertiary/aromatic N) is 4. The van der Waals surface area contributed by atoms with Gasteiger partial charge in [-0.15, -0.1) is 0 Å². The van der Waals surface area contributed by atoms with Gasteiger partial charge in [-0.2, -0.15) is 0 Å². The molecule has 7 nitrogen and oxygen atoms in total. The summed E-state index contributed by atoms with van der Waals surface area (Å²) in [5.41, 5.74) is 8.26. The van der Waals surface area contributed by atoms with E-state index in [1.807, 2.05) is 24.3 Å². The lowest BCUT2D eigenvalue weighted by Crippen LogP contribution is -2.45. The molecule has 0 saturated carbocycles. The molecule has 0 spiro atoms. The van der Waals surface area contributed by atoms with Crippen LogP contribution in [-0.4, -0.2) is 91.3 Å². The zero-order valence-electron chi connectivity index (χ0n) is 30.1. The molecule has 0 bridgehead atoms. The molecule has 3 heterocycles. The van der Waals surface area contributed by atoms with Crippen molar-refractivity contribution in [3.05, 3.63) is 128 Å². The predicted octanol–water partition coefficient (Wildman–Crippen LogP) is 8.16. The van der Waals surface area contributed by atoms with Crippen molar-refractivity contribution >= 4 is 32.9 Å². The van der Waals surface area contributed by atoms with Gasteiger partial charge < -0.3 is 14.6 Å². The Labute approximate surface area is 320 Å². The minimum atomic E-state index is 0.438. The van der Waals surface area contributed by atoms with Crippen molar-refractivity contribution in [2.45, 2.75) is 32.6 Å². The van der Waals surface area contributed by atoms with Crippen LogP contribution in [0.1, 0.15) is 33.4 Å². The SMILES string of the molecule is COc1ccc(CN2CCN(Cc3cc(-c4ssc(=S)c4Cc4ccccc4)cc(CN4CCN(Cc5ccc(OC)cc5)CC4)c3O)CC2)cc1. The number of phenols is 1. The second-order valence-electron chi connectivity index (χ2n) is 13.9. The van der Waals surface area contributed by atoms with Gasteiger partial charge >= 0.3 is 0 Å². The third-order valence-electron chi connectivity index (χ3n) is 10.3. The van der Waals surface area contributed by atoms with E-state index in [2.05, 4.69) is 86.3 Å². The van der Waals surface area contributed by atoms with Gasteiger partial charge in [0.15, 0.2) is 0 Å². The number of methoxy groups -OCH3 is 2. The molecule has 4 aromatic carbocycles. The van der Waals surface area contributed by atoms with Gasteiger partial charge in [0.2, 0.25) is 0 Å². The van der Waals surface area contributed by atoms with Crippen LogP contribution in [0.2, 0.25) is 0 Å². The Morgan fingerprint density at radius 3 is 1.46 bits per heavy atom. The number of piperazine rings is 2. The molecule has 7 rings (SSSR count). The molecule has 2 fully saturated rings. The fraction of sp³-hybridized carbons (Fsp3) is 0.357. The van der Waals surface area contributed by atoms with E-state index in [1.165, 1.54) is 32.7 Å². The van der Waals surface area contributed by atoms with Crippen LogP contribution in [0.15, 0.2) is 91.0 Å². The molecular formula is C42H48N4O3S3. The normalized spacial score (nSPS) is 16.3. The summed E-state index contributed by atoms with van der Waals surface area (Å²) >= 11 is 5.91. The lowest BCUT2D eigenvalue weighted by molar-refractivity contribution is 0.119. The Balaban J connectivity index is 1.07. The molecule has 10 heteroatoms. The molecule has 1 aromatic heterocycles. The first-order valence-electron chi connectivity index (χ1n) is 18.1. The van der Waals surface area contributed by atoms with E-state index >= 15 is 0 Å². The smallest absolute Gasteiger partial charge is 0.124 e. The largest absolute Gasteiger partial charge is 0.507 e. The Hall–Kier alpha value is -3.61. The summed E-state index contributed by atoms with van der Waals surface area (Å²) < 4.78 is 11.6. The topological polar surface area (TPSA) is 51.7 Å². The molecule has 2 aliphatic heterocycles. The van der Waals surface area contributed by atoms with Gasteiger partial charge in [-0.05, 0) is 58.7 Å². The van der Waals surface area contributed by atoms with Crippen molar-refractivity contribution in [1.29, 1.82) is 0 Å². The lowest BCUT2D eigenvalue weighted by Gasteiger charge is -2.36. The fourth-order valence-corrected chi connectivity index (χ4v) is 10.2. The summed E-state index contributed by atoms with van der Waals surface area (Å²) in [6, 6.07) is 31.8. The van der Waals surface area contributed by atoms with Gasteiger partial charge in [-0.3, -0.25) is 19.6 Å². The van der Waals surface area contributed by atoms with E-state index in [9.17, 15) is 5.11 Å². The highest BCUT2D eigenvalue weighted by Gasteiger charge is 2.24. The minimum Gasteiger partial charge on any atom is -0.507 e. The second-order valence-corrected chi connectivity index (χ2v) is 16.7. The molecule has 272 valence electrons. The van der Waals surface area contributed by atoms with E-state index in [4.69, 9.17) is 21.7 Å². The van der Waals surface area contributed by atoms with Crippen LogP contribution in [0.4, 0.5) is 0 Å². The average Bonchev–Trinajstić information content (AvgIpc) is 3.54. The molecule has 0 atom stereocenters. The van der Waals surface area contributed by atoms with Gasteiger partial charge in [0, 0.05) is 102 Å². The van der Waals surface area contributed by atoms with Crippen LogP contribution >= 0.6 is 32.9 Å². The minimum absolute atomic E-state index is 0.438. The standard InChI is InChI=1S/C42H48N4O3S3/c1-48-37-12-8-32(9-13-37)27-43-16-20-45(21-17-43)29-35-25-34(41-39(42(50)52-51-41)24-31-6-4-3-5-7-31)26-36(40(35)47)30-46-22-18-44(19-23-46)28-33-10-14-38(49-2)15-11-33/h3-15,25-26,47H,16-24,27-30H2,1-2H3. The molecule has 52 heavy (non-hydrogen) atoms. The van der Waals surface area contributed by atoms with Crippen LogP contribution in [0.3, 0.4) is 0 Å². The van der Waals surface area contributed by atoms with Crippen molar-refractivity contribution in [2.24, 2.45) is 0 Å². The number of benzene rings is 4. The Kier molecular flexibility index (Phi) is 12.3. The van der Waals surface area contributed by atoms with E-state index < -0.39 is 0 Å². The predicted molar refractivity (Wildman–Crippen MR) is 216 cm³/mol. The number of phenolic OH excluding ortho intramolecular Hbond substituents is 1. The highest BCUT2D eigenvalue weighted by atomic mass is 32.9. The zero-order valence-corrected chi connectivity index (χ0v) is 32.6. The van der Waals surface area contributed by atoms with Crippen LogP contribution in [-0.2, 0) is 32.6 Å². The number of aromatic hydroxyl groups is 1. The number of hydrogen-bond acceptors (Lipinski definition) is 10. The van der Waals surface area contributed by atoms with E-state index in [0.717, 1.165) is 111 Å². The molecule has 5 aromatic rings. The van der Waals surface area contributed by atoms with Crippen molar-refractivity contribution in [1.82, 2.24) is 19.6 Å². The lowest BCUT2D eigenvalue weighted by atomic mass is 9.98. The van der Waals surface area contributed by atoms with Crippen molar-refractivity contribution in [3.63, 3.8) is 0 Å². The maximum atomic E-state index is 11.9. The molecule has 2 aliphatic rings. The monoisotopic (exact) mass is 752 g/mol. The maximum absolute atomic E-state index is 11.9. The molecule has 0 aliphatic carbocycles. The Morgan fingerprint density at radius 1 is 0.577 bits per heavy atom. The molecule has 0 radical (unpaired) electrons. The molecule has 1 N–H and O–H groups in total. The fourth-order valence-electron chi connectivity index (χ4n) is 7.25. The van der Waals surface area contributed by atoms with Crippen LogP contribution < -0.4 is 9.47 Å². The average molecular weight is 753 g/mol. The maximum Gasteiger partial charge on any atom is 0.124 e. The van der Waals surface area contributed by atoms with Gasteiger partial charge in [0.25, 0.3) is 0 Å². The first kappa shape index (κ1) is 36.7. The third kappa shape index (κ3) is 9.30. The van der Waals surface area contributed by atoms with E-state index in [-0.39, 0.29) is 0 Å². The summed E-state index contributed by atoms with van der Waals surface area (Å²) in [6.07, 6.45) is 0.812. The summed E-state index contributed by atoms with van der Waals surface area (Å²) in [6.45, 7) is 11.1. The first-order chi connectivity index (χ1) is 25.4. The van der Waals surface area contributed by atoms with Gasteiger partial charge in [0.1, 0.15) is 21.1 Å². The summed E-state index contributed by atoms with van der Waals surface area (Å²) in [7, 11) is 6.87. The number of ether oxygens (including phenoxy) is 2. The zero-order chi connectivity index (χ0) is 35.9. The van der Waals surface area contributed by atoms with Crippen molar-refractivity contribution < 1.29 is 14.6 Å². The third-order valence-corrected chi connectivity index (χ3v) is 13.5. The van der Waals surface area contributed by atoms with Gasteiger partial charge in [-0.25, -0.2) is 0 Å². The van der Waals surface area contributed by atoms with E-state index in [1.54, 1.807) is 34.9 Å². The summed E-state index contributed by atoms with van der Waals surface area (Å²) in [5, 5.41) is 11.9. The molecule has 0 unspecified atom stereocenters. The Morgan fingerprint density at radius 2 is 1.02 bits per heavy atom. The summed E-state index contributed by atoms with van der Waals surface area (Å²) in [5.74, 6) is 2.22. The highest BCUT2D eigenvalue weighted by molar-refractivity contribution is 7.80. The molecular weight excluding hydrogens is 705 g/mol. The molecule has 0 amide bonds. The molecule has 2 saturated heterocycles. The van der Waals surface area contributed by atoms with Crippen molar-refractivity contribution in [2.75, 3.05) is 66.6 Å². The Bertz CT molecular complexity index is 1860. The quantitative estimate of drug-likeness (QED) is 0.0956. The highest BCUT2D eigenvalue weighted by Crippen LogP contribution is 2.40. The van der Waals surface area contributed by atoms with Crippen LogP contribution in [0.5, 0.6) is 17.2 Å². The van der Waals surface area contributed by atoms with Gasteiger partial charge in [0.05, 0.1) is 19.1 Å².